The Labute approximate surface area is 81.4 Å². The molecule has 2 heterocycles. The zero-order valence-electron chi connectivity index (χ0n) is 7.51. The van der Waals surface area contributed by atoms with E-state index in [-0.39, 0.29) is 5.78 Å². The number of ketones is 1. The highest BCUT2D eigenvalue weighted by Crippen LogP contribution is 2.06. The van der Waals surface area contributed by atoms with Crippen molar-refractivity contribution in [3.63, 3.8) is 0 Å². The van der Waals surface area contributed by atoms with Crippen LogP contribution in [0.2, 0.25) is 0 Å². The molecule has 0 fully saturated rings. The summed E-state index contributed by atoms with van der Waals surface area (Å²) in [6.45, 7) is 0. The number of hydrogen-bond acceptors (Lipinski definition) is 3. The maximum absolute atomic E-state index is 11.6. The van der Waals surface area contributed by atoms with Crippen molar-refractivity contribution in [3.05, 3.63) is 54.2 Å². The summed E-state index contributed by atoms with van der Waals surface area (Å²) < 4.78 is 4.88. The molecule has 70 valence electrons. The topological polar surface area (TPSA) is 43.1 Å². The van der Waals surface area contributed by atoms with Crippen LogP contribution in [0.1, 0.15) is 15.9 Å². The minimum atomic E-state index is 0.0551. The Kier molecular flexibility index (Phi) is 2.40. The molecule has 0 bridgehead atoms. The fraction of sp³-hybridized carbons (Fsp3) is 0.0909. The highest BCUT2D eigenvalue weighted by atomic mass is 16.3. The number of rotatable bonds is 3. The van der Waals surface area contributed by atoms with Gasteiger partial charge in [-0.3, -0.25) is 9.78 Å². The SMILES string of the molecule is O=C(Cc1ccoc1)c1cccnc1. The van der Waals surface area contributed by atoms with Crippen LogP contribution in [0.5, 0.6) is 0 Å². The van der Waals surface area contributed by atoms with E-state index in [1.807, 2.05) is 0 Å². The van der Waals surface area contributed by atoms with Gasteiger partial charge in [0.1, 0.15) is 0 Å². The van der Waals surface area contributed by atoms with Crippen molar-refractivity contribution in [2.24, 2.45) is 0 Å². The van der Waals surface area contributed by atoms with Gasteiger partial charge < -0.3 is 4.42 Å². The van der Waals surface area contributed by atoms with Crippen molar-refractivity contribution in [2.75, 3.05) is 0 Å². The van der Waals surface area contributed by atoms with Gasteiger partial charge in [-0.25, -0.2) is 0 Å². The van der Waals surface area contributed by atoms with Gasteiger partial charge in [-0.05, 0) is 23.8 Å². The Bertz CT molecular complexity index is 406. The summed E-state index contributed by atoms with van der Waals surface area (Å²) in [6.07, 6.45) is 6.72. The molecule has 0 aromatic carbocycles. The van der Waals surface area contributed by atoms with Gasteiger partial charge >= 0.3 is 0 Å². The standard InChI is InChI=1S/C11H9NO2/c13-11(6-9-3-5-14-8-9)10-2-1-4-12-7-10/h1-5,7-8H,6H2. The van der Waals surface area contributed by atoms with Crippen LogP contribution in [0.4, 0.5) is 0 Å². The van der Waals surface area contributed by atoms with Crippen molar-refractivity contribution in [1.29, 1.82) is 0 Å². The maximum atomic E-state index is 11.6. The van der Waals surface area contributed by atoms with E-state index in [0.29, 0.717) is 12.0 Å². The minimum absolute atomic E-state index is 0.0551. The molecule has 3 nitrogen and oxygen atoms in total. The predicted molar refractivity (Wildman–Crippen MR) is 51.0 cm³/mol. The highest BCUT2D eigenvalue weighted by molar-refractivity contribution is 5.97. The molecule has 0 atom stereocenters. The second-order valence-corrected chi connectivity index (χ2v) is 2.97. The Morgan fingerprint density at radius 1 is 1.43 bits per heavy atom. The summed E-state index contributed by atoms with van der Waals surface area (Å²) in [6, 6.07) is 5.30. The Balaban J connectivity index is 2.11. The van der Waals surface area contributed by atoms with Crippen molar-refractivity contribution < 1.29 is 9.21 Å². The van der Waals surface area contributed by atoms with E-state index in [0.717, 1.165) is 5.56 Å². The molecule has 0 aliphatic heterocycles. The summed E-state index contributed by atoms with van der Waals surface area (Å²) in [7, 11) is 0. The predicted octanol–water partition coefficient (Wildman–Crippen LogP) is 2.10. The summed E-state index contributed by atoms with van der Waals surface area (Å²) in [5.41, 5.74) is 1.52. The first-order valence-corrected chi connectivity index (χ1v) is 4.30. The molecule has 0 aliphatic rings. The van der Waals surface area contributed by atoms with Crippen LogP contribution in [0.3, 0.4) is 0 Å². The van der Waals surface area contributed by atoms with Crippen LogP contribution in [0.25, 0.3) is 0 Å². The molecule has 0 N–H and O–H groups in total. The summed E-state index contributed by atoms with van der Waals surface area (Å²) in [5, 5.41) is 0. The first-order valence-electron chi connectivity index (χ1n) is 4.30. The van der Waals surface area contributed by atoms with E-state index < -0.39 is 0 Å². The number of furan rings is 1. The second kappa shape index (κ2) is 3.87. The van der Waals surface area contributed by atoms with E-state index in [9.17, 15) is 4.79 Å². The molecule has 14 heavy (non-hydrogen) atoms. The van der Waals surface area contributed by atoms with Crippen molar-refractivity contribution in [1.82, 2.24) is 4.98 Å². The number of carbonyl (C=O) groups excluding carboxylic acids is 1. The van der Waals surface area contributed by atoms with Gasteiger partial charge in [-0.2, -0.15) is 0 Å². The number of Topliss-reactive ketones (excluding diaryl/α,β-unsaturated/α-hetero) is 1. The molecular formula is C11H9NO2. The van der Waals surface area contributed by atoms with Crippen molar-refractivity contribution in [2.45, 2.75) is 6.42 Å². The molecule has 0 aliphatic carbocycles. The first-order chi connectivity index (χ1) is 6.86. The largest absolute Gasteiger partial charge is 0.472 e. The number of carbonyl (C=O) groups is 1. The molecule has 0 radical (unpaired) electrons. The molecule has 0 saturated heterocycles. The zero-order valence-corrected chi connectivity index (χ0v) is 7.51. The fourth-order valence-electron chi connectivity index (χ4n) is 1.21. The monoisotopic (exact) mass is 187 g/mol. The van der Waals surface area contributed by atoms with Gasteiger partial charge in [0.25, 0.3) is 0 Å². The lowest BCUT2D eigenvalue weighted by Crippen LogP contribution is -2.02. The van der Waals surface area contributed by atoms with E-state index in [1.165, 1.54) is 0 Å². The lowest BCUT2D eigenvalue weighted by molar-refractivity contribution is 0.0992. The lowest BCUT2D eigenvalue weighted by Gasteiger charge is -1.96. The molecule has 3 heteroatoms. The molecule has 2 aromatic rings. The third-order valence-corrected chi connectivity index (χ3v) is 1.93. The van der Waals surface area contributed by atoms with Gasteiger partial charge in [-0.1, -0.05) is 0 Å². The summed E-state index contributed by atoms with van der Waals surface area (Å²) >= 11 is 0. The third-order valence-electron chi connectivity index (χ3n) is 1.93. The van der Waals surface area contributed by atoms with Crippen LogP contribution in [0, 0.1) is 0 Å². The van der Waals surface area contributed by atoms with Crippen LogP contribution < -0.4 is 0 Å². The Hall–Kier alpha value is -1.90. The Morgan fingerprint density at radius 2 is 2.36 bits per heavy atom. The van der Waals surface area contributed by atoms with Gasteiger partial charge in [0.05, 0.1) is 12.5 Å². The van der Waals surface area contributed by atoms with Gasteiger partial charge in [0.15, 0.2) is 5.78 Å². The Morgan fingerprint density at radius 3 is 3.00 bits per heavy atom. The number of aromatic nitrogens is 1. The molecule has 0 spiro atoms. The number of hydrogen-bond donors (Lipinski definition) is 0. The van der Waals surface area contributed by atoms with Crippen LogP contribution >= 0.6 is 0 Å². The van der Waals surface area contributed by atoms with E-state index in [1.54, 1.807) is 43.1 Å². The van der Waals surface area contributed by atoms with E-state index in [4.69, 9.17) is 4.42 Å². The molecule has 0 amide bonds. The summed E-state index contributed by atoms with van der Waals surface area (Å²) in [5.74, 6) is 0.0551. The maximum Gasteiger partial charge on any atom is 0.168 e. The molecule has 0 saturated carbocycles. The van der Waals surface area contributed by atoms with Crippen molar-refractivity contribution >= 4 is 5.78 Å². The number of nitrogens with zero attached hydrogens (tertiary/aromatic N) is 1. The number of pyridine rings is 1. The van der Waals surface area contributed by atoms with Gasteiger partial charge in [-0.15, -0.1) is 0 Å². The fourth-order valence-corrected chi connectivity index (χ4v) is 1.21. The molecule has 2 aromatic heterocycles. The minimum Gasteiger partial charge on any atom is -0.472 e. The summed E-state index contributed by atoms with van der Waals surface area (Å²) in [4.78, 5) is 15.5. The highest BCUT2D eigenvalue weighted by Gasteiger charge is 2.06. The lowest BCUT2D eigenvalue weighted by atomic mass is 10.1. The van der Waals surface area contributed by atoms with E-state index >= 15 is 0 Å². The van der Waals surface area contributed by atoms with Crippen LogP contribution in [-0.4, -0.2) is 10.8 Å². The smallest absolute Gasteiger partial charge is 0.168 e. The normalized spacial score (nSPS) is 10.0. The van der Waals surface area contributed by atoms with Crippen molar-refractivity contribution in [3.8, 4) is 0 Å². The molecular weight excluding hydrogens is 178 g/mol. The van der Waals surface area contributed by atoms with Gasteiger partial charge in [0, 0.05) is 24.4 Å². The van der Waals surface area contributed by atoms with E-state index in [2.05, 4.69) is 4.98 Å². The quantitative estimate of drug-likeness (QED) is 0.691. The second-order valence-electron chi connectivity index (χ2n) is 2.97. The first kappa shape index (κ1) is 8.69. The molecule has 0 unspecified atom stereocenters. The zero-order chi connectivity index (χ0) is 9.80. The third kappa shape index (κ3) is 1.88. The molecule has 2 rings (SSSR count). The van der Waals surface area contributed by atoms with Crippen LogP contribution in [0.15, 0.2) is 47.5 Å². The van der Waals surface area contributed by atoms with Gasteiger partial charge in [0.2, 0.25) is 0 Å². The van der Waals surface area contributed by atoms with Crippen LogP contribution in [-0.2, 0) is 6.42 Å². The average Bonchev–Trinajstić information content (AvgIpc) is 2.72. The average molecular weight is 187 g/mol.